The van der Waals surface area contributed by atoms with Crippen molar-refractivity contribution in [3.8, 4) is 5.75 Å². The first-order valence-electron chi connectivity index (χ1n) is 6.64. The molecule has 0 bridgehead atoms. The zero-order valence-electron chi connectivity index (χ0n) is 11.6. The van der Waals surface area contributed by atoms with E-state index in [-0.39, 0.29) is 0 Å². The van der Waals surface area contributed by atoms with E-state index in [1.807, 2.05) is 18.2 Å². The first-order valence-corrected chi connectivity index (χ1v) is 7.42. The number of piperazine rings is 1. The van der Waals surface area contributed by atoms with Gasteiger partial charge in [0.15, 0.2) is 0 Å². The van der Waals surface area contributed by atoms with E-state index in [1.54, 1.807) is 7.11 Å². The van der Waals surface area contributed by atoms with E-state index in [4.69, 9.17) is 34.3 Å². The highest BCUT2D eigenvalue weighted by Crippen LogP contribution is 2.24. The van der Waals surface area contributed by atoms with E-state index < -0.39 is 0 Å². The number of nitrogens with zero attached hydrogens (tertiary/aromatic N) is 2. The maximum absolute atomic E-state index is 6.06. The van der Waals surface area contributed by atoms with Crippen LogP contribution in [0, 0.1) is 0 Å². The van der Waals surface area contributed by atoms with Crippen LogP contribution >= 0.6 is 23.8 Å². The number of benzene rings is 1. The van der Waals surface area contributed by atoms with Crippen molar-refractivity contribution in [3.05, 3.63) is 28.8 Å². The maximum atomic E-state index is 6.06. The molecule has 1 aliphatic rings. The summed E-state index contributed by atoms with van der Waals surface area (Å²) in [6.07, 6.45) is 0. The summed E-state index contributed by atoms with van der Waals surface area (Å²) in [5.74, 6) is 0.889. The number of methoxy groups -OCH3 is 1. The molecule has 0 saturated carbocycles. The molecule has 1 heterocycles. The molecule has 0 atom stereocenters. The van der Waals surface area contributed by atoms with Crippen LogP contribution in [0.25, 0.3) is 0 Å². The molecule has 1 aliphatic heterocycles. The Labute approximate surface area is 130 Å². The SMILES string of the molecule is COc1ccc(Cl)cc1CN1CCN(CC(N)=S)CC1. The van der Waals surface area contributed by atoms with Gasteiger partial charge in [0.1, 0.15) is 5.75 Å². The van der Waals surface area contributed by atoms with Crippen molar-refractivity contribution in [2.45, 2.75) is 6.54 Å². The fraction of sp³-hybridized carbons (Fsp3) is 0.500. The monoisotopic (exact) mass is 313 g/mol. The van der Waals surface area contributed by atoms with Gasteiger partial charge in [-0.05, 0) is 18.2 Å². The van der Waals surface area contributed by atoms with Crippen molar-refractivity contribution in [1.82, 2.24) is 9.80 Å². The third-order valence-corrected chi connectivity index (χ3v) is 3.84. The normalized spacial score (nSPS) is 17.1. The number of halogens is 1. The molecule has 1 aromatic carbocycles. The topological polar surface area (TPSA) is 41.7 Å². The van der Waals surface area contributed by atoms with Gasteiger partial charge in [-0.25, -0.2) is 0 Å². The van der Waals surface area contributed by atoms with Gasteiger partial charge in [0.05, 0.1) is 12.1 Å². The van der Waals surface area contributed by atoms with Gasteiger partial charge in [-0.1, -0.05) is 23.8 Å². The van der Waals surface area contributed by atoms with Crippen LogP contribution in [0.2, 0.25) is 5.02 Å². The number of rotatable bonds is 5. The van der Waals surface area contributed by atoms with E-state index in [0.717, 1.165) is 49.1 Å². The maximum Gasteiger partial charge on any atom is 0.123 e. The molecule has 0 amide bonds. The van der Waals surface area contributed by atoms with E-state index in [9.17, 15) is 0 Å². The number of hydrogen-bond donors (Lipinski definition) is 1. The van der Waals surface area contributed by atoms with E-state index >= 15 is 0 Å². The van der Waals surface area contributed by atoms with Crippen LogP contribution in [0.5, 0.6) is 5.75 Å². The number of ether oxygens (including phenoxy) is 1. The Morgan fingerprint density at radius 2 is 1.95 bits per heavy atom. The number of nitrogens with two attached hydrogens (primary N) is 1. The highest BCUT2D eigenvalue weighted by molar-refractivity contribution is 7.80. The molecule has 2 rings (SSSR count). The first kappa shape index (κ1) is 15.5. The lowest BCUT2D eigenvalue weighted by molar-refractivity contribution is 0.139. The minimum absolute atomic E-state index is 0.565. The van der Waals surface area contributed by atoms with Gasteiger partial charge in [-0.2, -0.15) is 0 Å². The summed E-state index contributed by atoms with van der Waals surface area (Å²) < 4.78 is 5.39. The van der Waals surface area contributed by atoms with Crippen molar-refractivity contribution >= 4 is 28.8 Å². The van der Waals surface area contributed by atoms with E-state index in [1.165, 1.54) is 0 Å². The van der Waals surface area contributed by atoms with Gasteiger partial charge in [0, 0.05) is 49.9 Å². The lowest BCUT2D eigenvalue weighted by Crippen LogP contribution is -2.48. The minimum Gasteiger partial charge on any atom is -0.496 e. The quantitative estimate of drug-likeness (QED) is 0.839. The zero-order valence-corrected chi connectivity index (χ0v) is 13.2. The molecule has 20 heavy (non-hydrogen) atoms. The van der Waals surface area contributed by atoms with Crippen molar-refractivity contribution in [1.29, 1.82) is 0 Å². The summed E-state index contributed by atoms with van der Waals surface area (Å²) in [6, 6.07) is 5.74. The molecule has 1 fully saturated rings. The summed E-state index contributed by atoms with van der Waals surface area (Å²) in [4.78, 5) is 5.24. The summed E-state index contributed by atoms with van der Waals surface area (Å²) in [5.41, 5.74) is 6.71. The zero-order chi connectivity index (χ0) is 14.5. The van der Waals surface area contributed by atoms with Crippen LogP contribution in [0.3, 0.4) is 0 Å². The predicted molar refractivity (Wildman–Crippen MR) is 86.5 cm³/mol. The van der Waals surface area contributed by atoms with Crippen molar-refractivity contribution < 1.29 is 4.74 Å². The predicted octanol–water partition coefficient (Wildman–Crippen LogP) is 1.75. The standard InChI is InChI=1S/C14H20ClN3OS/c1-19-13-3-2-12(15)8-11(13)9-17-4-6-18(7-5-17)10-14(16)20/h2-3,8H,4-7,9-10H2,1H3,(H2,16,20). The van der Waals surface area contributed by atoms with Crippen LogP contribution in [0.15, 0.2) is 18.2 Å². The van der Waals surface area contributed by atoms with Crippen LogP contribution in [0.4, 0.5) is 0 Å². The Kier molecular flexibility index (Phi) is 5.60. The second-order valence-electron chi connectivity index (χ2n) is 4.97. The Morgan fingerprint density at radius 1 is 1.30 bits per heavy atom. The fourth-order valence-corrected chi connectivity index (χ4v) is 2.81. The third-order valence-electron chi connectivity index (χ3n) is 3.48. The van der Waals surface area contributed by atoms with Gasteiger partial charge < -0.3 is 10.5 Å². The highest BCUT2D eigenvalue weighted by Gasteiger charge is 2.18. The highest BCUT2D eigenvalue weighted by atomic mass is 35.5. The molecule has 6 heteroatoms. The van der Waals surface area contributed by atoms with Crippen LogP contribution in [-0.2, 0) is 6.54 Å². The van der Waals surface area contributed by atoms with Crippen LogP contribution < -0.4 is 10.5 Å². The molecular formula is C14H20ClN3OS. The summed E-state index contributed by atoms with van der Waals surface area (Å²) in [7, 11) is 1.69. The summed E-state index contributed by atoms with van der Waals surface area (Å²) in [6.45, 7) is 5.53. The smallest absolute Gasteiger partial charge is 0.123 e. The van der Waals surface area contributed by atoms with Crippen LogP contribution in [0.1, 0.15) is 5.56 Å². The van der Waals surface area contributed by atoms with Gasteiger partial charge in [-0.3, -0.25) is 9.80 Å². The van der Waals surface area contributed by atoms with E-state index in [0.29, 0.717) is 11.5 Å². The van der Waals surface area contributed by atoms with E-state index in [2.05, 4.69) is 9.80 Å². The molecule has 1 saturated heterocycles. The van der Waals surface area contributed by atoms with Gasteiger partial charge in [0.25, 0.3) is 0 Å². The van der Waals surface area contributed by atoms with Crippen molar-refractivity contribution in [2.75, 3.05) is 39.8 Å². The molecule has 0 radical (unpaired) electrons. The first-order chi connectivity index (χ1) is 9.58. The van der Waals surface area contributed by atoms with Gasteiger partial charge in [-0.15, -0.1) is 0 Å². The van der Waals surface area contributed by atoms with Crippen molar-refractivity contribution in [2.24, 2.45) is 5.73 Å². The molecule has 0 unspecified atom stereocenters. The second kappa shape index (κ2) is 7.22. The van der Waals surface area contributed by atoms with Crippen LogP contribution in [-0.4, -0.2) is 54.6 Å². The Hall–Kier alpha value is -0.880. The molecule has 1 aromatic rings. The molecule has 2 N–H and O–H groups in total. The number of hydrogen-bond acceptors (Lipinski definition) is 4. The molecule has 0 aromatic heterocycles. The Morgan fingerprint density at radius 3 is 2.55 bits per heavy atom. The minimum atomic E-state index is 0.565. The molecule has 4 nitrogen and oxygen atoms in total. The summed E-state index contributed by atoms with van der Waals surface area (Å²) in [5, 5.41) is 0.743. The molecule has 110 valence electrons. The second-order valence-corrected chi connectivity index (χ2v) is 5.94. The molecule has 0 aliphatic carbocycles. The lowest BCUT2D eigenvalue weighted by Gasteiger charge is -2.34. The molecular weight excluding hydrogens is 294 g/mol. The molecule has 0 spiro atoms. The summed E-state index contributed by atoms with van der Waals surface area (Å²) >= 11 is 11.0. The third kappa shape index (κ3) is 4.31. The van der Waals surface area contributed by atoms with Gasteiger partial charge in [0.2, 0.25) is 0 Å². The average Bonchev–Trinajstić information content (AvgIpc) is 2.41. The van der Waals surface area contributed by atoms with Crippen molar-refractivity contribution in [3.63, 3.8) is 0 Å². The fourth-order valence-electron chi connectivity index (χ4n) is 2.44. The van der Waals surface area contributed by atoms with Gasteiger partial charge >= 0.3 is 0 Å². The Bertz CT molecular complexity index is 475. The largest absolute Gasteiger partial charge is 0.496 e. The lowest BCUT2D eigenvalue weighted by atomic mass is 10.1. The Balaban J connectivity index is 1.92. The number of thiocarbonyl (C=S) groups is 1. The average molecular weight is 314 g/mol.